The van der Waals surface area contributed by atoms with E-state index in [2.05, 4.69) is 15.5 Å². The van der Waals surface area contributed by atoms with E-state index < -0.39 is 5.54 Å². The van der Waals surface area contributed by atoms with Crippen LogP contribution in [-0.2, 0) is 10.3 Å². The van der Waals surface area contributed by atoms with E-state index in [-0.39, 0.29) is 18.1 Å². The number of hydrogen-bond acceptors (Lipinski definition) is 6. The highest BCUT2D eigenvalue weighted by Crippen LogP contribution is 2.32. The van der Waals surface area contributed by atoms with Crippen molar-refractivity contribution >= 4 is 17.5 Å². The summed E-state index contributed by atoms with van der Waals surface area (Å²) < 4.78 is 11.1. The van der Waals surface area contributed by atoms with E-state index in [9.17, 15) is 4.79 Å². The second kappa shape index (κ2) is 7.11. The largest absolute Gasteiger partial charge is 0.364 e. The molecule has 134 valence electrons. The van der Waals surface area contributed by atoms with Gasteiger partial charge in [-0.3, -0.25) is 4.79 Å². The van der Waals surface area contributed by atoms with Crippen LogP contribution in [0.25, 0.3) is 0 Å². The zero-order valence-electron chi connectivity index (χ0n) is 14.2. The molecule has 1 amide bonds. The monoisotopic (exact) mass is 364 g/mol. The van der Waals surface area contributed by atoms with Crippen LogP contribution >= 0.6 is 11.6 Å². The smallest absolute Gasteiger partial charge is 0.255 e. The lowest BCUT2D eigenvalue weighted by Gasteiger charge is -2.22. The van der Waals surface area contributed by atoms with Crippen LogP contribution in [0.1, 0.15) is 54.9 Å². The lowest BCUT2D eigenvalue weighted by Crippen LogP contribution is -2.41. The molecule has 2 aromatic rings. The van der Waals surface area contributed by atoms with E-state index in [0.29, 0.717) is 28.8 Å². The van der Waals surface area contributed by atoms with E-state index in [1.807, 2.05) is 13.8 Å². The van der Waals surface area contributed by atoms with Crippen molar-refractivity contribution in [3.8, 4) is 0 Å². The van der Waals surface area contributed by atoms with Crippen molar-refractivity contribution in [2.24, 2.45) is 5.73 Å². The summed E-state index contributed by atoms with van der Waals surface area (Å²) in [6.07, 6.45) is 1.44. The molecule has 8 heteroatoms. The van der Waals surface area contributed by atoms with Crippen molar-refractivity contribution in [3.63, 3.8) is 0 Å². The maximum absolute atomic E-state index is 12.4. The Morgan fingerprint density at radius 2 is 2.24 bits per heavy atom. The molecule has 0 spiro atoms. The summed E-state index contributed by atoms with van der Waals surface area (Å²) in [4.78, 5) is 16.8. The van der Waals surface area contributed by atoms with Crippen molar-refractivity contribution in [2.75, 3.05) is 6.54 Å². The average Bonchev–Trinajstić information content (AvgIpc) is 3.23. The first kappa shape index (κ1) is 17.8. The van der Waals surface area contributed by atoms with Crippen molar-refractivity contribution in [2.45, 2.75) is 44.4 Å². The molecule has 1 fully saturated rings. The van der Waals surface area contributed by atoms with Gasteiger partial charge in [-0.25, -0.2) is 0 Å². The van der Waals surface area contributed by atoms with Gasteiger partial charge in [0.25, 0.3) is 11.8 Å². The maximum Gasteiger partial charge on any atom is 0.255 e. The van der Waals surface area contributed by atoms with Crippen LogP contribution in [0.15, 0.2) is 28.8 Å². The molecular weight excluding hydrogens is 344 g/mol. The van der Waals surface area contributed by atoms with Crippen LogP contribution in [0.4, 0.5) is 0 Å². The number of aromatic nitrogens is 2. The number of rotatable bonds is 5. The van der Waals surface area contributed by atoms with Crippen LogP contribution in [-0.4, -0.2) is 28.7 Å². The molecule has 25 heavy (non-hydrogen) atoms. The third kappa shape index (κ3) is 4.00. The van der Waals surface area contributed by atoms with Gasteiger partial charge in [-0.15, -0.1) is 0 Å². The SMILES string of the molecule is CC(C)(NC(=O)c1cccc(Cl)c1)c1noc([C@H]2CC[C@H](CN)O2)n1. The van der Waals surface area contributed by atoms with Crippen molar-refractivity contribution in [1.82, 2.24) is 15.5 Å². The summed E-state index contributed by atoms with van der Waals surface area (Å²) in [5.74, 6) is 0.535. The van der Waals surface area contributed by atoms with Gasteiger partial charge >= 0.3 is 0 Å². The molecule has 1 aliphatic rings. The molecule has 0 saturated carbocycles. The van der Waals surface area contributed by atoms with Gasteiger partial charge in [-0.2, -0.15) is 4.98 Å². The number of amides is 1. The van der Waals surface area contributed by atoms with Gasteiger partial charge in [-0.05, 0) is 44.9 Å². The van der Waals surface area contributed by atoms with E-state index >= 15 is 0 Å². The highest BCUT2D eigenvalue weighted by molar-refractivity contribution is 6.30. The number of halogens is 1. The van der Waals surface area contributed by atoms with Gasteiger partial charge in [0.1, 0.15) is 6.10 Å². The highest BCUT2D eigenvalue weighted by atomic mass is 35.5. The number of nitrogens with zero attached hydrogens (tertiary/aromatic N) is 2. The quantitative estimate of drug-likeness (QED) is 0.845. The van der Waals surface area contributed by atoms with Gasteiger partial charge in [0.2, 0.25) is 0 Å². The van der Waals surface area contributed by atoms with E-state index in [4.69, 9.17) is 26.6 Å². The molecular formula is C17H21ClN4O3. The third-order valence-electron chi connectivity index (χ3n) is 4.16. The fraction of sp³-hybridized carbons (Fsp3) is 0.471. The number of nitrogens with two attached hydrogens (primary N) is 1. The van der Waals surface area contributed by atoms with Crippen molar-refractivity contribution < 1.29 is 14.1 Å². The molecule has 3 rings (SSSR count). The fourth-order valence-electron chi connectivity index (χ4n) is 2.72. The van der Waals surface area contributed by atoms with E-state index in [1.165, 1.54) is 0 Å². The lowest BCUT2D eigenvalue weighted by molar-refractivity contribution is 0.0307. The number of carbonyl (C=O) groups excluding carboxylic acids is 1. The number of hydrogen-bond donors (Lipinski definition) is 2. The summed E-state index contributed by atoms with van der Waals surface area (Å²) in [6.45, 7) is 4.09. The molecule has 3 N–H and O–H groups in total. The zero-order chi connectivity index (χ0) is 18.0. The first-order chi connectivity index (χ1) is 11.9. The van der Waals surface area contributed by atoms with Gasteiger partial charge < -0.3 is 20.3 Å². The molecule has 1 saturated heterocycles. The van der Waals surface area contributed by atoms with Gasteiger partial charge in [-0.1, -0.05) is 22.8 Å². The predicted octanol–water partition coefficient (Wildman–Crippen LogP) is 2.57. The predicted molar refractivity (Wildman–Crippen MR) is 92.1 cm³/mol. The number of ether oxygens (including phenoxy) is 1. The molecule has 2 heterocycles. The molecule has 7 nitrogen and oxygen atoms in total. The molecule has 0 radical (unpaired) electrons. The Labute approximate surface area is 150 Å². The van der Waals surface area contributed by atoms with Crippen LogP contribution < -0.4 is 11.1 Å². The summed E-state index contributed by atoms with van der Waals surface area (Å²) in [6, 6.07) is 6.74. The Hall–Kier alpha value is -1.96. The number of carbonyl (C=O) groups is 1. The standard InChI is InChI=1S/C17H21ClN4O3/c1-17(2,21-14(23)10-4-3-5-11(18)8-10)16-20-15(25-22-16)13-7-6-12(9-19)24-13/h3-5,8,12-13H,6-7,9,19H2,1-2H3,(H,21,23)/t12-,13-/m1/s1. The number of nitrogens with one attached hydrogen (secondary N) is 1. The van der Waals surface area contributed by atoms with E-state index in [1.54, 1.807) is 24.3 Å². The Balaban J connectivity index is 1.71. The minimum absolute atomic E-state index is 0.0240. The van der Waals surface area contributed by atoms with Crippen LogP contribution in [0.2, 0.25) is 5.02 Å². The molecule has 2 atom stereocenters. The Morgan fingerprint density at radius 1 is 1.44 bits per heavy atom. The molecule has 0 unspecified atom stereocenters. The first-order valence-electron chi connectivity index (χ1n) is 8.17. The second-order valence-electron chi connectivity index (χ2n) is 6.61. The normalized spacial score (nSPS) is 20.6. The maximum atomic E-state index is 12.4. The van der Waals surface area contributed by atoms with Crippen LogP contribution in [0.5, 0.6) is 0 Å². The van der Waals surface area contributed by atoms with Gasteiger partial charge in [0.15, 0.2) is 5.82 Å². The number of benzene rings is 1. The van der Waals surface area contributed by atoms with Gasteiger partial charge in [0.05, 0.1) is 11.6 Å². The minimum atomic E-state index is -0.812. The highest BCUT2D eigenvalue weighted by Gasteiger charge is 2.34. The van der Waals surface area contributed by atoms with Crippen LogP contribution in [0, 0.1) is 0 Å². The first-order valence-corrected chi connectivity index (χ1v) is 8.54. The van der Waals surface area contributed by atoms with Crippen molar-refractivity contribution in [1.29, 1.82) is 0 Å². The zero-order valence-corrected chi connectivity index (χ0v) is 14.9. The minimum Gasteiger partial charge on any atom is -0.364 e. The molecule has 1 aromatic carbocycles. The van der Waals surface area contributed by atoms with Crippen LogP contribution in [0.3, 0.4) is 0 Å². The topological polar surface area (TPSA) is 103 Å². The summed E-state index contributed by atoms with van der Waals surface area (Å²) in [5, 5.41) is 7.41. The molecule has 0 aliphatic carbocycles. The second-order valence-corrected chi connectivity index (χ2v) is 7.04. The Morgan fingerprint density at radius 3 is 2.92 bits per heavy atom. The third-order valence-corrected chi connectivity index (χ3v) is 4.39. The summed E-state index contributed by atoms with van der Waals surface area (Å²) in [5.41, 5.74) is 5.28. The lowest BCUT2D eigenvalue weighted by atomic mass is 10.0. The summed E-state index contributed by atoms with van der Waals surface area (Å²) >= 11 is 5.93. The Bertz CT molecular complexity index is 762. The average molecular weight is 365 g/mol. The molecule has 1 aliphatic heterocycles. The fourth-order valence-corrected chi connectivity index (χ4v) is 2.91. The van der Waals surface area contributed by atoms with Crippen molar-refractivity contribution in [3.05, 3.63) is 46.6 Å². The molecule has 1 aromatic heterocycles. The van der Waals surface area contributed by atoms with Gasteiger partial charge in [0, 0.05) is 17.1 Å². The van der Waals surface area contributed by atoms with E-state index in [0.717, 1.165) is 12.8 Å². The Kier molecular flexibility index (Phi) is 5.08. The summed E-state index contributed by atoms with van der Waals surface area (Å²) in [7, 11) is 0. The molecule has 0 bridgehead atoms.